The van der Waals surface area contributed by atoms with Crippen molar-refractivity contribution >= 4 is 58.5 Å². The maximum absolute atomic E-state index is 14.7. The zero-order chi connectivity index (χ0) is 38.4. The van der Waals surface area contributed by atoms with Gasteiger partial charge in [-0.05, 0) is 54.1 Å². The first-order valence-electron chi connectivity index (χ1n) is 15.0. The highest BCUT2D eigenvalue weighted by atomic mass is 35.5. The Bertz CT molecular complexity index is 2170. The molecule has 0 radical (unpaired) electrons. The number of benzene rings is 5. The predicted molar refractivity (Wildman–Crippen MR) is 183 cm³/mol. The number of hydrogen-bond donors (Lipinski definition) is 3. The zero-order valence-electron chi connectivity index (χ0n) is 26.5. The topological polar surface area (TPSA) is 87.3 Å². The molecule has 53 heavy (non-hydrogen) atoms. The zero-order valence-corrected chi connectivity index (χ0v) is 28.1. The number of alkyl halides is 3. The van der Waals surface area contributed by atoms with Crippen LogP contribution in [0, 0.1) is 29.1 Å². The van der Waals surface area contributed by atoms with Crippen molar-refractivity contribution in [3.8, 4) is 0 Å². The fraction of sp³-hybridized carbons (Fsp3) is 0.0541. The molecular formula is C37H22ClF8N3O3S. The lowest BCUT2D eigenvalue weighted by Crippen LogP contribution is -2.30. The summed E-state index contributed by atoms with van der Waals surface area (Å²) in [5.41, 5.74) is -4.72. The average Bonchev–Trinajstić information content (AvgIpc) is 3.13. The van der Waals surface area contributed by atoms with Gasteiger partial charge in [-0.15, -0.1) is 11.8 Å². The van der Waals surface area contributed by atoms with Gasteiger partial charge >= 0.3 is 6.18 Å². The third-order valence-electron chi connectivity index (χ3n) is 7.30. The van der Waals surface area contributed by atoms with Gasteiger partial charge in [0, 0.05) is 21.7 Å². The van der Waals surface area contributed by atoms with Crippen molar-refractivity contribution < 1.29 is 49.5 Å². The molecule has 0 saturated heterocycles. The van der Waals surface area contributed by atoms with Gasteiger partial charge in [0.15, 0.2) is 23.3 Å². The monoisotopic (exact) mass is 775 g/mol. The van der Waals surface area contributed by atoms with Gasteiger partial charge in [0.1, 0.15) is 28.0 Å². The molecule has 16 heteroatoms. The Balaban J connectivity index is 1.44. The molecule has 3 N–H and O–H groups in total. The van der Waals surface area contributed by atoms with Crippen LogP contribution in [-0.2, 0) is 15.8 Å². The maximum Gasteiger partial charge on any atom is 0.422 e. The third kappa shape index (κ3) is 9.04. The smallest absolute Gasteiger partial charge is 0.321 e. The molecule has 0 fully saturated rings. The first-order valence-corrected chi connectivity index (χ1v) is 16.3. The average molecular weight is 776 g/mol. The Labute approximate surface area is 304 Å². The Kier molecular flexibility index (Phi) is 11.9. The lowest BCUT2D eigenvalue weighted by atomic mass is 10.1. The van der Waals surface area contributed by atoms with Crippen LogP contribution in [0.5, 0.6) is 0 Å². The highest BCUT2D eigenvalue weighted by Gasteiger charge is 2.43. The van der Waals surface area contributed by atoms with Gasteiger partial charge in [-0.2, -0.15) is 13.2 Å². The molecule has 5 rings (SSSR count). The summed E-state index contributed by atoms with van der Waals surface area (Å²) in [6, 6.07) is 24.8. The molecule has 1 atom stereocenters. The number of rotatable bonds is 10. The Morgan fingerprint density at radius 1 is 0.717 bits per heavy atom. The van der Waals surface area contributed by atoms with E-state index in [1.54, 1.807) is 29.6 Å². The first-order chi connectivity index (χ1) is 25.1. The van der Waals surface area contributed by atoms with E-state index in [0.717, 1.165) is 23.9 Å². The number of thioether (sulfide) groups is 1. The number of carbonyl (C=O) groups excluding carboxylic acids is 3. The molecule has 3 amide bonds. The van der Waals surface area contributed by atoms with Crippen LogP contribution in [0.1, 0.15) is 32.3 Å². The van der Waals surface area contributed by atoms with E-state index in [2.05, 4.69) is 10.6 Å². The van der Waals surface area contributed by atoms with E-state index >= 15 is 0 Å². The highest BCUT2D eigenvalue weighted by Crippen LogP contribution is 2.41. The SMILES string of the molecule is O=C(Nc1cccc(SC(C(=O)Nc2c(F)c(F)c(C(F)(F)F)c(F)c2F)c2ccccc2)c1)/C(=C\c1c(F)cccc1Cl)NC(=O)c1ccccc1. The summed E-state index contributed by atoms with van der Waals surface area (Å²) < 4.78 is 112. The number of hydrogen-bond acceptors (Lipinski definition) is 4. The van der Waals surface area contributed by atoms with E-state index in [1.807, 2.05) is 0 Å². The molecule has 0 aliphatic rings. The van der Waals surface area contributed by atoms with Crippen molar-refractivity contribution in [3.05, 3.63) is 165 Å². The minimum absolute atomic E-state index is 0.0607. The second kappa shape index (κ2) is 16.3. The largest absolute Gasteiger partial charge is 0.422 e. The molecule has 0 heterocycles. The van der Waals surface area contributed by atoms with Crippen LogP contribution >= 0.6 is 23.4 Å². The molecule has 272 valence electrons. The molecule has 5 aromatic rings. The fourth-order valence-corrected chi connectivity index (χ4v) is 6.10. The van der Waals surface area contributed by atoms with Crippen molar-refractivity contribution in [1.82, 2.24) is 5.32 Å². The second-order valence-corrected chi connectivity index (χ2v) is 12.5. The molecule has 5 aromatic carbocycles. The Morgan fingerprint density at radius 2 is 1.32 bits per heavy atom. The molecule has 0 saturated carbocycles. The summed E-state index contributed by atoms with van der Waals surface area (Å²) in [6.45, 7) is 0. The highest BCUT2D eigenvalue weighted by molar-refractivity contribution is 8.00. The lowest BCUT2D eigenvalue weighted by Gasteiger charge is -2.19. The van der Waals surface area contributed by atoms with Crippen LogP contribution in [-0.4, -0.2) is 17.7 Å². The second-order valence-electron chi connectivity index (χ2n) is 10.9. The summed E-state index contributed by atoms with van der Waals surface area (Å²) in [6.07, 6.45) is -4.75. The standard InChI is InChI=1S/C37H22ClF8N3O3S/c38-24-15-8-16-25(39)23(24)18-26(48-34(50)20-11-5-2-6-12-20)35(51)47-21-13-7-14-22(17-21)53-33(19-9-3-1-4-10-19)36(52)49-32-30(42)28(40)27(37(44,45)46)29(41)31(32)43/h1-18,33H,(H,47,51)(H,48,50)(H,49,52)/b26-18+. The van der Waals surface area contributed by atoms with Crippen LogP contribution < -0.4 is 16.0 Å². The van der Waals surface area contributed by atoms with Gasteiger partial charge in [-0.1, -0.05) is 72.3 Å². The van der Waals surface area contributed by atoms with Crippen molar-refractivity contribution in [2.24, 2.45) is 0 Å². The molecule has 0 aliphatic heterocycles. The Morgan fingerprint density at radius 3 is 1.92 bits per heavy atom. The van der Waals surface area contributed by atoms with Gasteiger partial charge in [0.05, 0.1) is 5.02 Å². The van der Waals surface area contributed by atoms with Gasteiger partial charge < -0.3 is 16.0 Å². The number of halogens is 9. The normalized spacial score (nSPS) is 12.2. The van der Waals surface area contributed by atoms with Crippen LogP contribution in [0.2, 0.25) is 5.02 Å². The van der Waals surface area contributed by atoms with Crippen LogP contribution in [0.15, 0.2) is 114 Å². The quantitative estimate of drug-likeness (QED) is 0.0571. The fourth-order valence-electron chi connectivity index (χ4n) is 4.80. The van der Waals surface area contributed by atoms with E-state index in [4.69, 9.17) is 11.6 Å². The van der Waals surface area contributed by atoms with Crippen LogP contribution in [0.3, 0.4) is 0 Å². The van der Waals surface area contributed by atoms with Gasteiger partial charge in [-0.3, -0.25) is 14.4 Å². The lowest BCUT2D eigenvalue weighted by molar-refractivity contribution is -0.143. The Hall–Kier alpha value is -5.67. The minimum Gasteiger partial charge on any atom is -0.321 e. The van der Waals surface area contributed by atoms with Gasteiger partial charge in [-0.25, -0.2) is 22.0 Å². The van der Waals surface area contributed by atoms with E-state index in [1.165, 1.54) is 72.8 Å². The van der Waals surface area contributed by atoms with E-state index in [9.17, 15) is 49.5 Å². The van der Waals surface area contributed by atoms with Crippen molar-refractivity contribution in [2.45, 2.75) is 16.3 Å². The predicted octanol–water partition coefficient (Wildman–Crippen LogP) is 9.94. The minimum atomic E-state index is -5.78. The van der Waals surface area contributed by atoms with Crippen molar-refractivity contribution in [1.29, 1.82) is 0 Å². The van der Waals surface area contributed by atoms with Crippen LogP contribution in [0.4, 0.5) is 46.5 Å². The van der Waals surface area contributed by atoms with E-state index in [-0.39, 0.29) is 32.3 Å². The molecule has 0 bridgehead atoms. The third-order valence-corrected chi connectivity index (χ3v) is 8.88. The summed E-state index contributed by atoms with van der Waals surface area (Å²) in [5.74, 6) is -14.1. The molecule has 1 unspecified atom stereocenters. The molecule has 0 aliphatic carbocycles. The van der Waals surface area contributed by atoms with E-state index in [0.29, 0.717) is 0 Å². The van der Waals surface area contributed by atoms with Crippen LogP contribution in [0.25, 0.3) is 6.08 Å². The summed E-state index contributed by atoms with van der Waals surface area (Å²) in [7, 11) is 0. The summed E-state index contributed by atoms with van der Waals surface area (Å²) >= 11 is 6.89. The molecule has 6 nitrogen and oxygen atoms in total. The summed E-state index contributed by atoms with van der Waals surface area (Å²) in [4.78, 5) is 40.2. The molecule has 0 spiro atoms. The molecular weight excluding hydrogens is 754 g/mol. The maximum atomic E-state index is 14.7. The number of carbonyl (C=O) groups is 3. The van der Waals surface area contributed by atoms with Gasteiger partial charge in [0.25, 0.3) is 11.8 Å². The first kappa shape index (κ1) is 38.6. The van der Waals surface area contributed by atoms with Crippen molar-refractivity contribution in [2.75, 3.05) is 10.6 Å². The van der Waals surface area contributed by atoms with E-state index < -0.39 is 75.2 Å². The van der Waals surface area contributed by atoms with Crippen molar-refractivity contribution in [3.63, 3.8) is 0 Å². The molecule has 0 aromatic heterocycles. The summed E-state index contributed by atoms with van der Waals surface area (Å²) in [5, 5.41) is 5.16. The number of amides is 3. The number of nitrogens with one attached hydrogen (secondary N) is 3. The number of anilines is 2. The van der Waals surface area contributed by atoms with Gasteiger partial charge in [0.2, 0.25) is 5.91 Å².